The van der Waals surface area contributed by atoms with Crippen LogP contribution in [0.4, 0.5) is 4.39 Å². The van der Waals surface area contributed by atoms with Crippen molar-refractivity contribution in [1.82, 2.24) is 0 Å². The first-order chi connectivity index (χ1) is 11.2. The van der Waals surface area contributed by atoms with Crippen LogP contribution in [0.3, 0.4) is 0 Å². The third-order valence-electron chi connectivity index (χ3n) is 3.39. The van der Waals surface area contributed by atoms with E-state index in [0.717, 1.165) is 5.56 Å². The molecule has 0 aliphatic carbocycles. The quantitative estimate of drug-likeness (QED) is 0.489. The molecule has 9 nitrogen and oxygen atoms in total. The molecule has 0 saturated carbocycles. The highest BCUT2D eigenvalue weighted by Gasteiger charge is 2.45. The standard InChI is InChI=1S/C13H15FN6O3/c14-10-11(18-20-16)13(22-7-8-4-2-1-3-5-8)23-9(12(10)21)6-17-19-15/h1-5,9-13,21H,6-7H2/t9-,10-,11?,12-,13?/m1/s1. The monoisotopic (exact) mass is 322 g/mol. The molecule has 1 aliphatic rings. The highest BCUT2D eigenvalue weighted by molar-refractivity contribution is 5.13. The second-order valence-corrected chi connectivity index (χ2v) is 4.88. The summed E-state index contributed by atoms with van der Waals surface area (Å²) in [4.78, 5) is 5.12. The number of nitrogens with zero attached hydrogens (tertiary/aromatic N) is 6. The SMILES string of the molecule is [N-]=[N+]=NC[C@H]1OC(OCc2ccccc2)C(N=[N+]=[N-])[C@@H](F)[C@@H]1O. The molecule has 1 saturated heterocycles. The molecule has 2 rings (SSSR count). The fourth-order valence-corrected chi connectivity index (χ4v) is 2.23. The highest BCUT2D eigenvalue weighted by atomic mass is 19.1. The molecule has 0 bridgehead atoms. The van der Waals surface area contributed by atoms with Crippen molar-refractivity contribution in [1.29, 1.82) is 0 Å². The van der Waals surface area contributed by atoms with Crippen LogP contribution in [0.25, 0.3) is 20.9 Å². The molecular weight excluding hydrogens is 307 g/mol. The average Bonchev–Trinajstić information content (AvgIpc) is 2.58. The minimum absolute atomic E-state index is 0.111. The van der Waals surface area contributed by atoms with Crippen LogP contribution in [0.5, 0.6) is 0 Å². The summed E-state index contributed by atoms with van der Waals surface area (Å²) < 4.78 is 25.2. The lowest BCUT2D eigenvalue weighted by Crippen LogP contribution is -2.56. The van der Waals surface area contributed by atoms with E-state index in [0.29, 0.717) is 0 Å². The molecule has 122 valence electrons. The van der Waals surface area contributed by atoms with Crippen LogP contribution in [-0.2, 0) is 16.1 Å². The number of hydrogen-bond donors (Lipinski definition) is 1. The Labute approximate surface area is 130 Å². The summed E-state index contributed by atoms with van der Waals surface area (Å²) in [5, 5.41) is 16.4. The molecule has 0 radical (unpaired) electrons. The molecular formula is C13H15FN6O3. The molecule has 1 aromatic carbocycles. The van der Waals surface area contributed by atoms with Gasteiger partial charge in [-0.05, 0) is 16.6 Å². The lowest BCUT2D eigenvalue weighted by atomic mass is 9.98. The van der Waals surface area contributed by atoms with Crippen molar-refractivity contribution in [3.8, 4) is 0 Å². The number of azide groups is 2. The van der Waals surface area contributed by atoms with Crippen molar-refractivity contribution >= 4 is 0 Å². The van der Waals surface area contributed by atoms with Gasteiger partial charge in [-0.25, -0.2) is 4.39 Å². The number of alkyl halides is 1. The Kier molecular flexibility index (Phi) is 6.16. The molecule has 5 atom stereocenters. The highest BCUT2D eigenvalue weighted by Crippen LogP contribution is 2.28. The second kappa shape index (κ2) is 8.33. The predicted molar refractivity (Wildman–Crippen MR) is 77.7 cm³/mol. The number of aliphatic hydroxyl groups is 1. The molecule has 23 heavy (non-hydrogen) atoms. The smallest absolute Gasteiger partial charge is 0.169 e. The maximum Gasteiger partial charge on any atom is 0.169 e. The maximum absolute atomic E-state index is 14.3. The topological polar surface area (TPSA) is 136 Å². The van der Waals surface area contributed by atoms with Crippen LogP contribution in [0.1, 0.15) is 5.56 Å². The zero-order valence-corrected chi connectivity index (χ0v) is 12.0. The largest absolute Gasteiger partial charge is 0.387 e. The number of ether oxygens (including phenoxy) is 2. The maximum atomic E-state index is 14.3. The molecule has 10 heteroatoms. The lowest BCUT2D eigenvalue weighted by Gasteiger charge is -2.39. The Morgan fingerprint density at radius 3 is 2.65 bits per heavy atom. The minimum Gasteiger partial charge on any atom is -0.387 e. The van der Waals surface area contributed by atoms with E-state index >= 15 is 0 Å². The van der Waals surface area contributed by atoms with E-state index in [2.05, 4.69) is 20.1 Å². The van der Waals surface area contributed by atoms with Crippen molar-refractivity contribution in [2.45, 2.75) is 37.3 Å². The van der Waals surface area contributed by atoms with Gasteiger partial charge in [0.05, 0.1) is 19.3 Å². The van der Waals surface area contributed by atoms with Gasteiger partial charge in [-0.15, -0.1) is 0 Å². The summed E-state index contributed by atoms with van der Waals surface area (Å²) in [5.74, 6) is 0. The third kappa shape index (κ3) is 4.32. The number of benzene rings is 1. The first-order valence-electron chi connectivity index (χ1n) is 6.85. The van der Waals surface area contributed by atoms with Gasteiger partial charge in [-0.2, -0.15) is 0 Å². The predicted octanol–water partition coefficient (Wildman–Crippen LogP) is 2.62. The molecule has 0 amide bonds. The van der Waals surface area contributed by atoms with E-state index in [9.17, 15) is 9.50 Å². The normalized spacial score (nSPS) is 30.1. The van der Waals surface area contributed by atoms with Crippen molar-refractivity contribution < 1.29 is 19.0 Å². The summed E-state index contributed by atoms with van der Waals surface area (Å²) in [6.45, 7) is -0.147. The summed E-state index contributed by atoms with van der Waals surface area (Å²) in [5.41, 5.74) is 17.7. The van der Waals surface area contributed by atoms with Crippen LogP contribution in [-0.4, -0.2) is 42.4 Å². The molecule has 0 aromatic heterocycles. The van der Waals surface area contributed by atoms with Gasteiger partial charge in [0.1, 0.15) is 18.3 Å². The first kappa shape index (κ1) is 17.0. The molecule has 1 fully saturated rings. The summed E-state index contributed by atoms with van der Waals surface area (Å²) >= 11 is 0. The Balaban J connectivity index is 2.11. The van der Waals surface area contributed by atoms with Gasteiger partial charge in [-0.1, -0.05) is 40.6 Å². The van der Waals surface area contributed by atoms with E-state index in [1.165, 1.54) is 0 Å². The molecule has 1 heterocycles. The number of hydrogen-bond acceptors (Lipinski definition) is 5. The van der Waals surface area contributed by atoms with E-state index < -0.39 is 30.7 Å². The van der Waals surface area contributed by atoms with Crippen molar-refractivity contribution in [3.05, 3.63) is 56.8 Å². The zero-order valence-electron chi connectivity index (χ0n) is 12.0. The summed E-state index contributed by atoms with van der Waals surface area (Å²) in [7, 11) is 0. The van der Waals surface area contributed by atoms with Gasteiger partial charge in [-0.3, -0.25) is 0 Å². The Morgan fingerprint density at radius 1 is 1.26 bits per heavy atom. The summed E-state index contributed by atoms with van der Waals surface area (Å²) in [6, 6.07) is 7.76. The van der Waals surface area contributed by atoms with E-state index in [4.69, 9.17) is 20.5 Å². The average molecular weight is 322 g/mol. The van der Waals surface area contributed by atoms with Crippen LogP contribution < -0.4 is 0 Å². The first-order valence-corrected chi connectivity index (χ1v) is 6.85. The van der Waals surface area contributed by atoms with Crippen LogP contribution in [0.2, 0.25) is 0 Å². The fraction of sp³-hybridized carbons (Fsp3) is 0.538. The lowest BCUT2D eigenvalue weighted by molar-refractivity contribution is -0.250. The Bertz CT molecular complexity index is 603. The summed E-state index contributed by atoms with van der Waals surface area (Å²) in [6.07, 6.45) is -5.73. The van der Waals surface area contributed by atoms with E-state index in [-0.39, 0.29) is 13.2 Å². The van der Waals surface area contributed by atoms with Gasteiger partial charge in [0.15, 0.2) is 6.29 Å². The van der Waals surface area contributed by atoms with Gasteiger partial charge in [0.25, 0.3) is 0 Å². The molecule has 1 aromatic rings. The molecule has 2 unspecified atom stereocenters. The number of aliphatic hydroxyl groups excluding tert-OH is 1. The second-order valence-electron chi connectivity index (χ2n) is 4.88. The zero-order chi connectivity index (χ0) is 16.7. The van der Waals surface area contributed by atoms with Crippen molar-refractivity contribution in [3.63, 3.8) is 0 Å². The van der Waals surface area contributed by atoms with Gasteiger partial charge < -0.3 is 14.6 Å². The van der Waals surface area contributed by atoms with Crippen molar-refractivity contribution in [2.24, 2.45) is 10.2 Å². The van der Waals surface area contributed by atoms with Crippen molar-refractivity contribution in [2.75, 3.05) is 6.54 Å². The van der Waals surface area contributed by atoms with E-state index in [1.807, 2.05) is 30.3 Å². The van der Waals surface area contributed by atoms with Crippen LogP contribution in [0, 0.1) is 0 Å². The third-order valence-corrected chi connectivity index (χ3v) is 3.39. The van der Waals surface area contributed by atoms with Gasteiger partial charge in [0.2, 0.25) is 0 Å². The van der Waals surface area contributed by atoms with Gasteiger partial charge in [0, 0.05) is 9.82 Å². The molecule has 0 spiro atoms. The van der Waals surface area contributed by atoms with Gasteiger partial charge >= 0.3 is 0 Å². The van der Waals surface area contributed by atoms with Crippen LogP contribution >= 0.6 is 0 Å². The Morgan fingerprint density at radius 2 is 2.00 bits per heavy atom. The van der Waals surface area contributed by atoms with E-state index in [1.54, 1.807) is 0 Å². The van der Waals surface area contributed by atoms with Crippen LogP contribution in [0.15, 0.2) is 40.6 Å². The Hall–Kier alpha value is -2.35. The molecule has 1 N–H and O–H groups in total. The minimum atomic E-state index is -1.89. The molecule has 1 aliphatic heterocycles. The fourth-order valence-electron chi connectivity index (χ4n) is 2.23. The number of halogens is 1. The number of rotatable bonds is 6.